The van der Waals surface area contributed by atoms with E-state index in [2.05, 4.69) is 15.3 Å². The van der Waals surface area contributed by atoms with E-state index in [-0.39, 0.29) is 18.2 Å². The molecule has 1 aliphatic heterocycles. The lowest BCUT2D eigenvalue weighted by Crippen LogP contribution is -2.53. The molecule has 3 aromatic carbocycles. The number of fused-ring (bicyclic) bond motifs is 4. The van der Waals surface area contributed by atoms with Crippen LogP contribution in [0.1, 0.15) is 52.5 Å². The molecule has 2 aliphatic rings. The molecule has 0 radical (unpaired) electrons. The number of nitrogens with two attached hydrogens (primary N) is 2. The van der Waals surface area contributed by atoms with Gasteiger partial charge in [-0.2, -0.15) is 0 Å². The topological polar surface area (TPSA) is 164 Å². The molecule has 6 rings (SSSR count). The molecular formula is C33H34N6O4S. The van der Waals surface area contributed by atoms with E-state index < -0.39 is 35.9 Å². The number of aliphatic hydroxyl groups is 1. The first kappa shape index (κ1) is 29.5. The number of rotatable bonds is 10. The molecule has 4 aromatic rings. The molecule has 1 saturated heterocycles. The van der Waals surface area contributed by atoms with E-state index >= 15 is 0 Å². The second-order valence-electron chi connectivity index (χ2n) is 11.1. The number of amides is 2. The number of aliphatic hydroxyl groups excluding tert-OH is 1. The summed E-state index contributed by atoms with van der Waals surface area (Å²) in [6.07, 6.45) is 0.406. The van der Waals surface area contributed by atoms with Crippen LogP contribution in [0, 0.1) is 0 Å². The van der Waals surface area contributed by atoms with E-state index in [1.807, 2.05) is 72.8 Å². The Balaban J connectivity index is 1.21. The van der Waals surface area contributed by atoms with Crippen LogP contribution in [-0.2, 0) is 9.59 Å². The standard InChI is InChI=1S/C33H34N6O4S/c34-33(35)36-17-7-14-24(28(40)31-38-23-13-5-6-16-26(23)44-31)37-30(42)25-15-8-18-39(25)32(43)29(41)27-21-11-3-1-9-19(21)20-10-2-4-12-22(20)27/h1-6,9-13,16,24-25,27,29,41H,7-8,14-15,17-18H2,(H,37,42)(H4,34,35,36)/t24?,25-,29?/m0/s1. The minimum atomic E-state index is -1.37. The maximum absolute atomic E-state index is 13.9. The third-order valence-corrected chi connectivity index (χ3v) is 9.42. The van der Waals surface area contributed by atoms with Crippen molar-refractivity contribution in [1.82, 2.24) is 15.2 Å². The van der Waals surface area contributed by atoms with Crippen LogP contribution in [0.5, 0.6) is 0 Å². The molecule has 2 amide bonds. The monoisotopic (exact) mass is 610 g/mol. The smallest absolute Gasteiger partial charge is 0.253 e. The van der Waals surface area contributed by atoms with Gasteiger partial charge < -0.3 is 26.8 Å². The number of guanidine groups is 1. The zero-order chi connectivity index (χ0) is 30.8. The molecule has 226 valence electrons. The number of nitrogens with zero attached hydrogens (tertiary/aromatic N) is 3. The van der Waals surface area contributed by atoms with Gasteiger partial charge in [0.2, 0.25) is 11.7 Å². The normalized spacial score (nSPS) is 17.1. The number of nitrogens with one attached hydrogen (secondary N) is 1. The van der Waals surface area contributed by atoms with Crippen molar-refractivity contribution >= 4 is 45.1 Å². The number of thiazole rings is 1. The second kappa shape index (κ2) is 12.6. The molecule has 11 heteroatoms. The number of para-hydroxylation sites is 1. The Kier molecular flexibility index (Phi) is 8.40. The molecule has 1 aromatic heterocycles. The van der Waals surface area contributed by atoms with Crippen molar-refractivity contribution in [2.24, 2.45) is 16.5 Å². The van der Waals surface area contributed by atoms with Crippen LogP contribution in [0.2, 0.25) is 0 Å². The molecule has 0 bridgehead atoms. The lowest BCUT2D eigenvalue weighted by atomic mass is 9.90. The number of carbonyl (C=O) groups excluding carboxylic acids is 3. The van der Waals surface area contributed by atoms with Gasteiger partial charge in [-0.1, -0.05) is 60.7 Å². The van der Waals surface area contributed by atoms with Gasteiger partial charge in [-0.25, -0.2) is 4.98 Å². The maximum atomic E-state index is 13.9. The molecule has 10 nitrogen and oxygen atoms in total. The summed E-state index contributed by atoms with van der Waals surface area (Å²) in [5.41, 5.74) is 15.4. The van der Waals surface area contributed by atoms with E-state index in [0.29, 0.717) is 42.9 Å². The van der Waals surface area contributed by atoms with Gasteiger partial charge in [0.05, 0.1) is 16.3 Å². The Labute approximate surface area is 258 Å². The number of Topliss-reactive ketones (excluding diaryl/α,β-unsaturated/α-hetero) is 1. The van der Waals surface area contributed by atoms with Crippen molar-refractivity contribution < 1.29 is 19.5 Å². The zero-order valence-corrected chi connectivity index (χ0v) is 24.9. The number of likely N-dealkylation sites (tertiary alicyclic amines) is 1. The molecule has 44 heavy (non-hydrogen) atoms. The van der Waals surface area contributed by atoms with E-state index in [4.69, 9.17) is 11.5 Å². The number of aromatic nitrogens is 1. The van der Waals surface area contributed by atoms with Crippen LogP contribution in [0.25, 0.3) is 21.3 Å². The van der Waals surface area contributed by atoms with Gasteiger partial charge in [0.1, 0.15) is 12.1 Å². The lowest BCUT2D eigenvalue weighted by Gasteiger charge is -2.30. The maximum Gasteiger partial charge on any atom is 0.253 e. The third kappa shape index (κ3) is 5.68. The van der Waals surface area contributed by atoms with Crippen LogP contribution in [0.3, 0.4) is 0 Å². The van der Waals surface area contributed by atoms with Crippen molar-refractivity contribution in [3.8, 4) is 11.1 Å². The van der Waals surface area contributed by atoms with Crippen LogP contribution < -0.4 is 16.8 Å². The Hall–Kier alpha value is -4.61. The Morgan fingerprint density at radius 1 is 1.00 bits per heavy atom. The first-order valence-electron chi connectivity index (χ1n) is 14.8. The fourth-order valence-electron chi connectivity index (χ4n) is 6.32. The largest absolute Gasteiger partial charge is 0.382 e. The minimum absolute atomic E-state index is 0.0470. The summed E-state index contributed by atoms with van der Waals surface area (Å²) >= 11 is 1.27. The molecule has 6 N–H and O–H groups in total. The molecule has 0 spiro atoms. The highest BCUT2D eigenvalue weighted by atomic mass is 32.1. The van der Waals surface area contributed by atoms with Crippen LogP contribution in [-0.4, -0.2) is 69.8 Å². The predicted molar refractivity (Wildman–Crippen MR) is 170 cm³/mol. The fourth-order valence-corrected chi connectivity index (χ4v) is 7.28. The van der Waals surface area contributed by atoms with E-state index in [1.54, 1.807) is 0 Å². The first-order chi connectivity index (χ1) is 21.3. The number of hydrogen-bond acceptors (Lipinski definition) is 7. The average molecular weight is 611 g/mol. The molecule has 1 fully saturated rings. The SMILES string of the molecule is NC(N)=NCCCC(NC(=O)[C@@H]1CCCN1C(=O)C(O)C1c2ccccc2-c2ccccc21)C(=O)c1nc2ccccc2s1. The summed E-state index contributed by atoms with van der Waals surface area (Å²) in [6.45, 7) is 0.636. The highest BCUT2D eigenvalue weighted by Gasteiger charge is 2.43. The summed E-state index contributed by atoms with van der Waals surface area (Å²) in [7, 11) is 0. The van der Waals surface area contributed by atoms with Crippen molar-refractivity contribution in [3.63, 3.8) is 0 Å². The fraction of sp³-hybridized carbons (Fsp3) is 0.303. The number of ketones is 1. The molecular weight excluding hydrogens is 576 g/mol. The van der Waals surface area contributed by atoms with Gasteiger partial charge in [-0.05, 0) is 60.1 Å². The van der Waals surface area contributed by atoms with Gasteiger partial charge in [-0.3, -0.25) is 19.4 Å². The number of carbonyl (C=O) groups is 3. The summed E-state index contributed by atoms with van der Waals surface area (Å²) in [4.78, 5) is 51.2. The van der Waals surface area contributed by atoms with Crippen molar-refractivity contribution in [2.75, 3.05) is 13.1 Å². The highest BCUT2D eigenvalue weighted by molar-refractivity contribution is 7.20. The second-order valence-corrected chi connectivity index (χ2v) is 12.2. The van der Waals surface area contributed by atoms with E-state index in [9.17, 15) is 19.5 Å². The molecule has 1 aliphatic carbocycles. The third-order valence-electron chi connectivity index (χ3n) is 8.37. The van der Waals surface area contributed by atoms with Gasteiger partial charge in [0, 0.05) is 19.0 Å². The van der Waals surface area contributed by atoms with Gasteiger partial charge in [-0.15, -0.1) is 11.3 Å². The quantitative estimate of drug-likeness (QED) is 0.0927. The molecule has 0 saturated carbocycles. The van der Waals surface area contributed by atoms with Crippen LogP contribution in [0.4, 0.5) is 0 Å². The van der Waals surface area contributed by atoms with Crippen molar-refractivity contribution in [3.05, 3.63) is 88.9 Å². The number of hydrogen-bond donors (Lipinski definition) is 4. The molecule has 2 heterocycles. The summed E-state index contributed by atoms with van der Waals surface area (Å²) in [5, 5.41) is 14.7. The number of aliphatic imine (C=N–C) groups is 1. The molecule has 2 unspecified atom stereocenters. The summed E-state index contributed by atoms with van der Waals surface area (Å²) in [5.74, 6) is -1.82. The highest BCUT2D eigenvalue weighted by Crippen LogP contribution is 2.46. The van der Waals surface area contributed by atoms with Gasteiger partial charge in [0.15, 0.2) is 11.0 Å². The van der Waals surface area contributed by atoms with E-state index in [0.717, 1.165) is 27.0 Å². The Morgan fingerprint density at radius 2 is 1.66 bits per heavy atom. The van der Waals surface area contributed by atoms with E-state index in [1.165, 1.54) is 16.2 Å². The first-order valence-corrected chi connectivity index (χ1v) is 15.6. The van der Waals surface area contributed by atoms with Crippen molar-refractivity contribution in [1.29, 1.82) is 0 Å². The van der Waals surface area contributed by atoms with Crippen molar-refractivity contribution in [2.45, 2.75) is 49.8 Å². The summed E-state index contributed by atoms with van der Waals surface area (Å²) in [6, 6.07) is 21.3. The Morgan fingerprint density at radius 3 is 2.34 bits per heavy atom. The number of benzene rings is 3. The van der Waals surface area contributed by atoms with Gasteiger partial charge in [0.25, 0.3) is 5.91 Å². The zero-order valence-electron chi connectivity index (χ0n) is 24.1. The summed E-state index contributed by atoms with van der Waals surface area (Å²) < 4.78 is 0.873. The Bertz CT molecular complexity index is 1670. The minimum Gasteiger partial charge on any atom is -0.382 e. The van der Waals surface area contributed by atoms with Gasteiger partial charge >= 0.3 is 0 Å². The average Bonchev–Trinajstić information content (AvgIpc) is 3.77. The van der Waals surface area contributed by atoms with Crippen LogP contribution >= 0.6 is 11.3 Å². The molecule has 3 atom stereocenters. The predicted octanol–water partition coefficient (Wildman–Crippen LogP) is 3.18. The lowest BCUT2D eigenvalue weighted by molar-refractivity contribution is -0.145. The van der Waals surface area contributed by atoms with Crippen LogP contribution in [0.15, 0.2) is 77.8 Å².